The number of fused-ring (bicyclic) bond motifs is 2. The summed E-state index contributed by atoms with van der Waals surface area (Å²) in [5, 5.41) is 10.0. The maximum atomic E-state index is 12.4. The topological polar surface area (TPSA) is 76.5 Å². The molecule has 0 atom stereocenters. The maximum Gasteiger partial charge on any atom is 0.339 e. The molecule has 5 nitrogen and oxygen atoms in total. The van der Waals surface area contributed by atoms with E-state index in [0.717, 1.165) is 0 Å². The number of para-hydroxylation sites is 2. The molecule has 0 unspecified atom stereocenters. The van der Waals surface area contributed by atoms with E-state index < -0.39 is 11.9 Å². The molecule has 1 heterocycles. The molecule has 0 aliphatic carbocycles. The van der Waals surface area contributed by atoms with Crippen LogP contribution in [0.1, 0.15) is 16.8 Å². The Morgan fingerprint density at radius 1 is 0.955 bits per heavy atom. The minimum Gasteiger partial charge on any atom is -0.481 e. The quantitative estimate of drug-likeness (QED) is 0.591. The predicted octanol–water partition coefficient (Wildman–Crippen LogP) is 3.02. The lowest BCUT2D eigenvalue weighted by molar-refractivity contribution is -0.137. The van der Waals surface area contributed by atoms with Crippen LogP contribution in [0.15, 0.2) is 48.5 Å². The molecule has 0 radical (unpaired) electrons. The summed E-state index contributed by atoms with van der Waals surface area (Å²) in [6.45, 7) is -0.154. The van der Waals surface area contributed by atoms with Gasteiger partial charge in [0, 0.05) is 10.8 Å². The number of ether oxygens (including phenoxy) is 1. The number of rotatable bonds is 4. The molecule has 0 amide bonds. The highest BCUT2D eigenvalue weighted by molar-refractivity contribution is 6.14. The number of hydrogen-bond acceptors (Lipinski definition) is 4. The van der Waals surface area contributed by atoms with Crippen molar-refractivity contribution in [2.75, 3.05) is 6.61 Å². The molecule has 1 N–H and O–H groups in total. The molecule has 0 fully saturated rings. The van der Waals surface area contributed by atoms with Crippen LogP contribution in [-0.4, -0.2) is 28.6 Å². The number of aromatic nitrogens is 1. The Morgan fingerprint density at radius 2 is 1.50 bits per heavy atom. The number of carbonyl (C=O) groups is 2. The zero-order valence-electron chi connectivity index (χ0n) is 11.7. The molecular formula is C17H13NO4. The first-order valence-electron chi connectivity index (χ1n) is 6.83. The van der Waals surface area contributed by atoms with E-state index in [1.165, 1.54) is 0 Å². The Labute approximate surface area is 126 Å². The Kier molecular flexibility index (Phi) is 3.70. The first kappa shape index (κ1) is 14.0. The van der Waals surface area contributed by atoms with E-state index in [-0.39, 0.29) is 13.0 Å². The van der Waals surface area contributed by atoms with E-state index in [1.807, 2.05) is 48.5 Å². The van der Waals surface area contributed by atoms with E-state index in [9.17, 15) is 9.59 Å². The molecule has 0 aliphatic rings. The summed E-state index contributed by atoms with van der Waals surface area (Å²) in [5.41, 5.74) is 1.82. The summed E-state index contributed by atoms with van der Waals surface area (Å²) < 4.78 is 5.11. The number of carboxylic acids is 1. The minimum absolute atomic E-state index is 0.154. The second-order valence-electron chi connectivity index (χ2n) is 4.80. The molecule has 0 aliphatic heterocycles. The van der Waals surface area contributed by atoms with Gasteiger partial charge in [-0.3, -0.25) is 4.79 Å². The second-order valence-corrected chi connectivity index (χ2v) is 4.80. The van der Waals surface area contributed by atoms with Gasteiger partial charge in [0.25, 0.3) is 0 Å². The maximum absolute atomic E-state index is 12.4. The van der Waals surface area contributed by atoms with Crippen LogP contribution in [0, 0.1) is 0 Å². The molecule has 1 aromatic heterocycles. The van der Waals surface area contributed by atoms with Crippen molar-refractivity contribution in [2.45, 2.75) is 6.42 Å². The fraction of sp³-hybridized carbons (Fsp3) is 0.118. The zero-order valence-corrected chi connectivity index (χ0v) is 11.7. The van der Waals surface area contributed by atoms with Gasteiger partial charge in [0.1, 0.15) is 6.61 Å². The van der Waals surface area contributed by atoms with Gasteiger partial charge in [-0.2, -0.15) is 0 Å². The summed E-state index contributed by atoms with van der Waals surface area (Å²) in [4.78, 5) is 27.5. The molecule has 0 saturated carbocycles. The van der Waals surface area contributed by atoms with Crippen LogP contribution in [0.4, 0.5) is 0 Å². The van der Waals surface area contributed by atoms with Crippen molar-refractivity contribution >= 4 is 33.7 Å². The summed E-state index contributed by atoms with van der Waals surface area (Å²) in [6, 6.07) is 14.6. The average Bonchev–Trinajstić information content (AvgIpc) is 2.52. The first-order valence-corrected chi connectivity index (χ1v) is 6.83. The number of aliphatic carboxylic acids is 1. The van der Waals surface area contributed by atoms with Crippen molar-refractivity contribution < 1.29 is 19.4 Å². The van der Waals surface area contributed by atoms with Crippen LogP contribution in [0.5, 0.6) is 0 Å². The lowest BCUT2D eigenvalue weighted by Gasteiger charge is -2.10. The van der Waals surface area contributed by atoms with Gasteiger partial charge in [0.15, 0.2) is 0 Å². The van der Waals surface area contributed by atoms with Gasteiger partial charge in [-0.05, 0) is 12.1 Å². The van der Waals surface area contributed by atoms with Gasteiger partial charge in [0.05, 0.1) is 23.0 Å². The number of carbonyl (C=O) groups excluding carboxylic acids is 1. The second kappa shape index (κ2) is 5.81. The Hall–Kier alpha value is -2.95. The summed E-state index contributed by atoms with van der Waals surface area (Å²) >= 11 is 0. The van der Waals surface area contributed by atoms with Crippen LogP contribution in [-0.2, 0) is 9.53 Å². The van der Waals surface area contributed by atoms with Gasteiger partial charge >= 0.3 is 11.9 Å². The predicted molar refractivity (Wildman–Crippen MR) is 81.8 cm³/mol. The van der Waals surface area contributed by atoms with Crippen LogP contribution < -0.4 is 0 Å². The van der Waals surface area contributed by atoms with E-state index in [2.05, 4.69) is 4.98 Å². The molecule has 3 aromatic rings. The third-order valence-corrected chi connectivity index (χ3v) is 3.34. The molecule has 3 rings (SSSR count). The lowest BCUT2D eigenvalue weighted by Crippen LogP contribution is -2.11. The van der Waals surface area contributed by atoms with Gasteiger partial charge in [-0.1, -0.05) is 36.4 Å². The molecule has 22 heavy (non-hydrogen) atoms. The highest BCUT2D eigenvalue weighted by Gasteiger charge is 2.17. The Morgan fingerprint density at radius 3 is 2.05 bits per heavy atom. The van der Waals surface area contributed by atoms with Crippen molar-refractivity contribution in [3.8, 4) is 0 Å². The van der Waals surface area contributed by atoms with Crippen LogP contribution >= 0.6 is 0 Å². The number of carboxylic acid groups (broad SMARTS) is 1. The van der Waals surface area contributed by atoms with E-state index in [4.69, 9.17) is 9.84 Å². The first-order chi connectivity index (χ1) is 10.7. The standard InChI is InChI=1S/C17H13NO4/c19-15(20)9-10-22-17(21)16-11-5-1-3-7-13(11)18-14-8-4-2-6-12(14)16/h1-8H,9-10H2,(H,19,20). The molecular weight excluding hydrogens is 282 g/mol. The molecule has 2 aromatic carbocycles. The minimum atomic E-state index is -1.00. The van der Waals surface area contributed by atoms with Crippen molar-refractivity contribution in [2.24, 2.45) is 0 Å². The summed E-state index contributed by atoms with van der Waals surface area (Å²) in [6.07, 6.45) is -0.216. The fourth-order valence-electron chi connectivity index (χ4n) is 2.36. The normalized spacial score (nSPS) is 10.7. The zero-order chi connectivity index (χ0) is 15.5. The molecule has 0 spiro atoms. The highest BCUT2D eigenvalue weighted by Crippen LogP contribution is 2.26. The summed E-state index contributed by atoms with van der Waals surface area (Å²) in [7, 11) is 0. The number of pyridine rings is 1. The smallest absolute Gasteiger partial charge is 0.339 e. The van der Waals surface area contributed by atoms with Crippen molar-refractivity contribution in [1.29, 1.82) is 0 Å². The third kappa shape index (κ3) is 2.61. The summed E-state index contributed by atoms with van der Waals surface area (Å²) in [5.74, 6) is -1.53. The lowest BCUT2D eigenvalue weighted by atomic mass is 10.0. The average molecular weight is 295 g/mol. The van der Waals surface area contributed by atoms with Crippen molar-refractivity contribution in [3.05, 3.63) is 54.1 Å². The van der Waals surface area contributed by atoms with Crippen molar-refractivity contribution in [3.63, 3.8) is 0 Å². The molecule has 0 saturated heterocycles. The van der Waals surface area contributed by atoms with Gasteiger partial charge in [-0.25, -0.2) is 9.78 Å². The number of hydrogen-bond donors (Lipinski definition) is 1. The largest absolute Gasteiger partial charge is 0.481 e. The van der Waals surface area contributed by atoms with E-state index in [1.54, 1.807) is 0 Å². The van der Waals surface area contributed by atoms with Crippen LogP contribution in [0.25, 0.3) is 21.8 Å². The van der Waals surface area contributed by atoms with Gasteiger partial charge in [-0.15, -0.1) is 0 Å². The number of nitrogens with zero attached hydrogens (tertiary/aromatic N) is 1. The SMILES string of the molecule is O=C(O)CCOC(=O)c1c2ccccc2nc2ccccc12. The van der Waals surface area contributed by atoms with Gasteiger partial charge < -0.3 is 9.84 Å². The molecule has 110 valence electrons. The van der Waals surface area contributed by atoms with E-state index in [0.29, 0.717) is 27.4 Å². The van der Waals surface area contributed by atoms with Crippen LogP contribution in [0.3, 0.4) is 0 Å². The third-order valence-electron chi connectivity index (χ3n) is 3.34. The Bertz CT molecular complexity index is 819. The van der Waals surface area contributed by atoms with Crippen molar-refractivity contribution in [1.82, 2.24) is 4.98 Å². The number of esters is 1. The fourth-order valence-corrected chi connectivity index (χ4v) is 2.36. The molecule has 0 bridgehead atoms. The highest BCUT2D eigenvalue weighted by atomic mass is 16.5. The number of benzene rings is 2. The molecule has 5 heteroatoms. The van der Waals surface area contributed by atoms with E-state index >= 15 is 0 Å². The Balaban J connectivity index is 2.11. The monoisotopic (exact) mass is 295 g/mol. The van der Waals surface area contributed by atoms with Gasteiger partial charge in [0.2, 0.25) is 0 Å². The van der Waals surface area contributed by atoms with Crippen LogP contribution in [0.2, 0.25) is 0 Å².